The van der Waals surface area contributed by atoms with Gasteiger partial charge >= 0.3 is 0 Å². The molecule has 0 atom stereocenters. The summed E-state index contributed by atoms with van der Waals surface area (Å²) in [5.41, 5.74) is 3.03. The van der Waals surface area contributed by atoms with Crippen LogP contribution in [0.5, 0.6) is 11.5 Å². The van der Waals surface area contributed by atoms with Crippen LogP contribution in [0, 0.1) is 5.82 Å². The van der Waals surface area contributed by atoms with E-state index in [4.69, 9.17) is 4.74 Å². The van der Waals surface area contributed by atoms with E-state index in [2.05, 4.69) is 20.3 Å². The number of fused-ring (bicyclic) bond motifs is 1. The predicted molar refractivity (Wildman–Crippen MR) is 120 cm³/mol. The molecule has 0 aliphatic heterocycles. The Morgan fingerprint density at radius 3 is 2.56 bits per heavy atom. The van der Waals surface area contributed by atoms with Gasteiger partial charge in [0.15, 0.2) is 11.6 Å². The van der Waals surface area contributed by atoms with Crippen LogP contribution in [0.3, 0.4) is 0 Å². The average molecular weight is 424 g/mol. The number of aromatic nitrogens is 3. The Morgan fingerprint density at radius 2 is 1.72 bits per heavy atom. The number of anilines is 1. The average Bonchev–Trinajstić information content (AvgIpc) is 3.31. The topological polar surface area (TPSA) is 79.9 Å². The molecule has 5 rings (SSSR count). The normalized spacial score (nSPS) is 10.8. The molecule has 0 spiro atoms. The quantitative estimate of drug-likeness (QED) is 0.373. The fourth-order valence-corrected chi connectivity index (χ4v) is 3.36. The molecule has 0 unspecified atom stereocenters. The lowest BCUT2D eigenvalue weighted by Crippen LogP contribution is -2.13. The van der Waals surface area contributed by atoms with Crippen molar-refractivity contribution in [2.24, 2.45) is 0 Å². The molecule has 1 amide bonds. The number of amides is 1. The molecule has 5 aromatic rings. The number of H-pyrrole nitrogens is 1. The molecule has 6 nitrogen and oxygen atoms in total. The van der Waals surface area contributed by atoms with Crippen molar-refractivity contribution >= 4 is 22.6 Å². The highest BCUT2D eigenvalue weighted by Crippen LogP contribution is 2.31. The number of carbonyl (C=O) groups excluding carboxylic acids is 1. The van der Waals surface area contributed by atoms with Gasteiger partial charge in [-0.1, -0.05) is 30.3 Å². The smallest absolute Gasteiger partial charge is 0.274 e. The molecule has 3 aromatic heterocycles. The van der Waals surface area contributed by atoms with Crippen molar-refractivity contribution in [1.29, 1.82) is 0 Å². The highest BCUT2D eigenvalue weighted by Gasteiger charge is 2.13. The van der Waals surface area contributed by atoms with Crippen molar-refractivity contribution in [3.05, 3.63) is 103 Å². The van der Waals surface area contributed by atoms with E-state index >= 15 is 0 Å². The van der Waals surface area contributed by atoms with Crippen LogP contribution >= 0.6 is 0 Å². The van der Waals surface area contributed by atoms with E-state index in [1.54, 1.807) is 42.9 Å². The summed E-state index contributed by atoms with van der Waals surface area (Å²) >= 11 is 0. The predicted octanol–water partition coefficient (Wildman–Crippen LogP) is 5.81. The number of carbonyl (C=O) groups is 1. The summed E-state index contributed by atoms with van der Waals surface area (Å²) in [5.74, 6) is -0.511. The van der Waals surface area contributed by atoms with Gasteiger partial charge in [0.05, 0.1) is 5.39 Å². The Hall–Kier alpha value is -4.52. The number of pyridine rings is 2. The maximum absolute atomic E-state index is 14.7. The number of halogens is 1. The lowest BCUT2D eigenvalue weighted by Gasteiger charge is -2.10. The summed E-state index contributed by atoms with van der Waals surface area (Å²) in [6, 6.07) is 20.9. The summed E-state index contributed by atoms with van der Waals surface area (Å²) in [5, 5.41) is 3.43. The van der Waals surface area contributed by atoms with Crippen molar-refractivity contribution in [3.63, 3.8) is 0 Å². The summed E-state index contributed by atoms with van der Waals surface area (Å²) in [6.45, 7) is 0. The minimum Gasteiger partial charge on any atom is -0.453 e. The first kappa shape index (κ1) is 19.4. The number of rotatable bonds is 5. The van der Waals surface area contributed by atoms with Crippen LogP contribution in [0.4, 0.5) is 10.1 Å². The maximum atomic E-state index is 14.7. The fourth-order valence-electron chi connectivity index (χ4n) is 3.36. The van der Waals surface area contributed by atoms with Crippen LogP contribution in [0.15, 0.2) is 91.4 Å². The Bertz CT molecular complexity index is 1420. The Morgan fingerprint density at radius 1 is 0.875 bits per heavy atom. The SMILES string of the molecule is O=C(Nc1ccc(Oc2ccnc3[nH]ccc23)c(F)c1)c1cc(-c2ccccc2)ccn1. The minimum absolute atomic E-state index is 0.0425. The molecule has 0 fully saturated rings. The third-order valence-electron chi connectivity index (χ3n) is 4.93. The Labute approximate surface area is 182 Å². The first-order valence-corrected chi connectivity index (χ1v) is 9.90. The van der Waals surface area contributed by atoms with E-state index < -0.39 is 11.7 Å². The Balaban J connectivity index is 1.34. The van der Waals surface area contributed by atoms with Gasteiger partial charge in [-0.05, 0) is 47.5 Å². The van der Waals surface area contributed by atoms with Gasteiger partial charge in [0.1, 0.15) is 17.1 Å². The van der Waals surface area contributed by atoms with Crippen LogP contribution in [0.25, 0.3) is 22.2 Å². The van der Waals surface area contributed by atoms with Gasteiger partial charge in [-0.3, -0.25) is 9.78 Å². The number of hydrogen-bond acceptors (Lipinski definition) is 4. The zero-order valence-corrected chi connectivity index (χ0v) is 16.7. The monoisotopic (exact) mass is 424 g/mol. The van der Waals surface area contributed by atoms with Crippen molar-refractivity contribution in [3.8, 4) is 22.6 Å². The molecule has 2 aromatic carbocycles. The summed E-state index contributed by atoms with van der Waals surface area (Å²) in [6.07, 6.45) is 4.89. The fraction of sp³-hybridized carbons (Fsp3) is 0. The number of nitrogens with zero attached hydrogens (tertiary/aromatic N) is 2. The molecule has 0 aliphatic carbocycles. The zero-order valence-electron chi connectivity index (χ0n) is 16.7. The van der Waals surface area contributed by atoms with Gasteiger partial charge in [-0.2, -0.15) is 0 Å². The highest BCUT2D eigenvalue weighted by molar-refractivity contribution is 6.03. The lowest BCUT2D eigenvalue weighted by molar-refractivity contribution is 0.102. The van der Waals surface area contributed by atoms with Crippen LogP contribution in [-0.4, -0.2) is 20.9 Å². The zero-order chi connectivity index (χ0) is 21.9. The number of aromatic amines is 1. The summed E-state index contributed by atoms with van der Waals surface area (Å²) < 4.78 is 20.4. The molecule has 156 valence electrons. The molecule has 0 aliphatic rings. The molecule has 0 bridgehead atoms. The molecule has 7 heteroatoms. The highest BCUT2D eigenvalue weighted by atomic mass is 19.1. The van der Waals surface area contributed by atoms with Crippen molar-refractivity contribution in [1.82, 2.24) is 15.0 Å². The third-order valence-corrected chi connectivity index (χ3v) is 4.93. The van der Waals surface area contributed by atoms with Gasteiger partial charge < -0.3 is 15.0 Å². The maximum Gasteiger partial charge on any atom is 0.274 e. The molecular weight excluding hydrogens is 407 g/mol. The van der Waals surface area contributed by atoms with Crippen LogP contribution in [-0.2, 0) is 0 Å². The van der Waals surface area contributed by atoms with Gasteiger partial charge in [-0.15, -0.1) is 0 Å². The van der Waals surface area contributed by atoms with Gasteiger partial charge in [0, 0.05) is 30.3 Å². The standard InChI is InChI=1S/C25H17FN4O2/c26-20-15-18(6-7-23(20)32-22-10-13-29-24-19(22)9-12-28-24)30-25(31)21-14-17(8-11-27-21)16-4-2-1-3-5-16/h1-15H,(H,28,29)(H,30,31). The molecule has 32 heavy (non-hydrogen) atoms. The second-order valence-electron chi connectivity index (χ2n) is 7.05. The van der Waals surface area contributed by atoms with E-state index in [1.165, 1.54) is 12.1 Å². The first-order chi connectivity index (χ1) is 15.7. The van der Waals surface area contributed by atoms with E-state index in [0.717, 1.165) is 16.5 Å². The molecule has 0 radical (unpaired) electrons. The third kappa shape index (κ3) is 3.91. The van der Waals surface area contributed by atoms with Gasteiger partial charge in [0.2, 0.25) is 0 Å². The van der Waals surface area contributed by atoms with E-state index in [9.17, 15) is 9.18 Å². The molecule has 0 saturated heterocycles. The Kier molecular flexibility index (Phi) is 5.05. The van der Waals surface area contributed by atoms with Gasteiger partial charge in [-0.25, -0.2) is 9.37 Å². The van der Waals surface area contributed by atoms with E-state index in [0.29, 0.717) is 17.1 Å². The largest absolute Gasteiger partial charge is 0.453 e. The molecule has 0 saturated carbocycles. The number of hydrogen-bond donors (Lipinski definition) is 2. The second kappa shape index (κ2) is 8.31. The lowest BCUT2D eigenvalue weighted by atomic mass is 10.1. The molecule has 3 heterocycles. The van der Waals surface area contributed by atoms with Crippen molar-refractivity contribution in [2.45, 2.75) is 0 Å². The van der Waals surface area contributed by atoms with Gasteiger partial charge in [0.25, 0.3) is 5.91 Å². The number of benzene rings is 2. The van der Waals surface area contributed by atoms with Crippen molar-refractivity contribution in [2.75, 3.05) is 5.32 Å². The number of nitrogens with one attached hydrogen (secondary N) is 2. The van der Waals surface area contributed by atoms with E-state index in [1.807, 2.05) is 36.4 Å². The first-order valence-electron chi connectivity index (χ1n) is 9.90. The van der Waals surface area contributed by atoms with Crippen LogP contribution < -0.4 is 10.1 Å². The van der Waals surface area contributed by atoms with Crippen LogP contribution in [0.1, 0.15) is 10.5 Å². The second-order valence-corrected chi connectivity index (χ2v) is 7.05. The molecular formula is C25H17FN4O2. The van der Waals surface area contributed by atoms with Crippen molar-refractivity contribution < 1.29 is 13.9 Å². The summed E-state index contributed by atoms with van der Waals surface area (Å²) in [7, 11) is 0. The van der Waals surface area contributed by atoms with E-state index in [-0.39, 0.29) is 11.4 Å². The minimum atomic E-state index is -0.603. The molecule has 2 N–H and O–H groups in total. The summed E-state index contributed by atoms with van der Waals surface area (Å²) in [4.78, 5) is 24.0. The van der Waals surface area contributed by atoms with Crippen LogP contribution in [0.2, 0.25) is 0 Å². The number of ether oxygens (including phenoxy) is 1.